The van der Waals surface area contributed by atoms with E-state index in [0.717, 1.165) is 11.3 Å². The third-order valence-corrected chi connectivity index (χ3v) is 4.37. The molecule has 1 aromatic heterocycles. The number of ketones is 1. The molecular weight excluding hydrogens is 321 g/mol. The monoisotopic (exact) mass is 333 g/mol. The molecule has 23 heavy (non-hydrogen) atoms. The molecule has 0 bridgehead atoms. The van der Waals surface area contributed by atoms with Gasteiger partial charge in [0.2, 0.25) is 5.13 Å². The summed E-state index contributed by atoms with van der Waals surface area (Å²) in [7, 11) is -1.27. The number of benzene rings is 1. The summed E-state index contributed by atoms with van der Waals surface area (Å²) in [6.07, 6.45) is 0.337. The number of carboxylic acids is 1. The third kappa shape index (κ3) is 3.03. The number of carboxylic acid groups (broad SMARTS) is 1. The van der Waals surface area contributed by atoms with Gasteiger partial charge in [0, 0.05) is 12.2 Å². The number of nitrogen functional groups attached to an aromatic ring is 1. The molecule has 1 aromatic carbocycles. The Morgan fingerprint density at radius 2 is 2.22 bits per heavy atom. The molecule has 1 atom stereocenters. The Bertz CT molecular complexity index is 781. The molecule has 10 heteroatoms. The smallest absolute Gasteiger partial charge is 0.526 e. The molecule has 0 spiro atoms. The number of hydrogen-bond donors (Lipinski definition) is 3. The van der Waals surface area contributed by atoms with E-state index in [9.17, 15) is 14.6 Å². The molecule has 2 heterocycles. The maximum atomic E-state index is 12.2. The van der Waals surface area contributed by atoms with Crippen molar-refractivity contribution in [2.45, 2.75) is 18.7 Å². The van der Waals surface area contributed by atoms with Crippen LogP contribution in [-0.4, -0.2) is 39.2 Å². The van der Waals surface area contributed by atoms with Gasteiger partial charge in [0.1, 0.15) is 5.75 Å². The van der Waals surface area contributed by atoms with Gasteiger partial charge in [-0.25, -0.2) is 4.79 Å². The molecule has 1 aliphatic heterocycles. The van der Waals surface area contributed by atoms with Gasteiger partial charge in [-0.05, 0) is 18.1 Å². The quantitative estimate of drug-likeness (QED) is 0.554. The molecule has 0 aliphatic carbocycles. The number of rotatable bonds is 4. The summed E-state index contributed by atoms with van der Waals surface area (Å²) in [6, 6.07) is 4.73. The summed E-state index contributed by atoms with van der Waals surface area (Å²) in [5.41, 5.74) is 6.08. The number of aromatic carboxylic acids is 1. The van der Waals surface area contributed by atoms with Crippen molar-refractivity contribution in [1.29, 1.82) is 0 Å². The van der Waals surface area contributed by atoms with Gasteiger partial charge in [-0.3, -0.25) is 4.79 Å². The fourth-order valence-corrected chi connectivity index (χ4v) is 3.06. The number of para-hydroxylation sites is 1. The van der Waals surface area contributed by atoms with Crippen LogP contribution >= 0.6 is 11.3 Å². The molecule has 0 saturated heterocycles. The first-order valence-corrected chi connectivity index (χ1v) is 7.59. The lowest BCUT2D eigenvalue weighted by Gasteiger charge is -2.27. The van der Waals surface area contributed by atoms with Gasteiger partial charge in [-0.15, -0.1) is 10.2 Å². The van der Waals surface area contributed by atoms with Gasteiger partial charge < -0.3 is 20.5 Å². The van der Waals surface area contributed by atoms with E-state index in [0.29, 0.717) is 12.0 Å². The van der Waals surface area contributed by atoms with Crippen LogP contribution in [0.4, 0.5) is 5.13 Å². The maximum absolute atomic E-state index is 12.2. The summed E-state index contributed by atoms with van der Waals surface area (Å²) in [4.78, 5) is 23.3. The van der Waals surface area contributed by atoms with E-state index in [4.69, 9.17) is 15.5 Å². The van der Waals surface area contributed by atoms with Gasteiger partial charge in [-0.2, -0.15) is 0 Å². The van der Waals surface area contributed by atoms with E-state index in [-0.39, 0.29) is 33.7 Å². The molecule has 118 valence electrons. The summed E-state index contributed by atoms with van der Waals surface area (Å²) in [6.45, 7) is 0. The van der Waals surface area contributed by atoms with Crippen LogP contribution in [0.1, 0.15) is 32.1 Å². The highest BCUT2D eigenvalue weighted by atomic mass is 32.1. The second-order valence-corrected chi connectivity index (χ2v) is 6.15. The van der Waals surface area contributed by atoms with Crippen LogP contribution < -0.4 is 10.4 Å². The molecule has 2 aromatic rings. The molecule has 0 saturated carbocycles. The van der Waals surface area contributed by atoms with Crippen molar-refractivity contribution in [3.05, 3.63) is 34.3 Å². The number of carbonyl (C=O) groups is 2. The highest BCUT2D eigenvalue weighted by Gasteiger charge is 2.38. The van der Waals surface area contributed by atoms with Gasteiger partial charge in [-0.1, -0.05) is 23.5 Å². The van der Waals surface area contributed by atoms with Crippen molar-refractivity contribution in [1.82, 2.24) is 10.2 Å². The van der Waals surface area contributed by atoms with Crippen LogP contribution in [-0.2, 0) is 6.42 Å². The summed E-state index contributed by atoms with van der Waals surface area (Å²) < 4.78 is 5.34. The Labute approximate surface area is 135 Å². The summed E-state index contributed by atoms with van der Waals surface area (Å²) in [5, 5.41) is 26.9. The fraction of sp³-hybridized carbons (Fsp3) is 0.231. The molecule has 0 radical (unpaired) electrons. The van der Waals surface area contributed by atoms with Crippen LogP contribution in [0, 0.1) is 0 Å². The largest absolute Gasteiger partial charge is 0.535 e. The van der Waals surface area contributed by atoms with Crippen LogP contribution in [0.2, 0.25) is 5.82 Å². The summed E-state index contributed by atoms with van der Waals surface area (Å²) >= 11 is 0.983. The predicted molar refractivity (Wildman–Crippen MR) is 82.7 cm³/mol. The first-order chi connectivity index (χ1) is 11.0. The lowest BCUT2D eigenvalue weighted by atomic mass is 9.64. The fourth-order valence-electron chi connectivity index (χ4n) is 2.50. The Morgan fingerprint density at radius 1 is 1.43 bits per heavy atom. The van der Waals surface area contributed by atoms with Crippen molar-refractivity contribution < 1.29 is 24.4 Å². The molecule has 0 amide bonds. The first kappa shape index (κ1) is 15.4. The second kappa shape index (κ2) is 5.97. The SMILES string of the molecule is Nc1nnc(C(=O)C[C@H]2Cc3cccc(C(=O)O)c3OB2O)s1. The molecule has 0 fully saturated rings. The van der Waals surface area contributed by atoms with E-state index in [2.05, 4.69) is 10.2 Å². The molecule has 8 nitrogen and oxygen atoms in total. The minimum atomic E-state index is -1.27. The van der Waals surface area contributed by atoms with E-state index < -0.39 is 18.9 Å². The topological polar surface area (TPSA) is 136 Å². The summed E-state index contributed by atoms with van der Waals surface area (Å²) in [5.74, 6) is -1.77. The average Bonchev–Trinajstić information content (AvgIpc) is 2.94. The number of anilines is 1. The minimum Gasteiger partial charge on any atom is -0.535 e. The standard InChI is InChI=1S/C13H12BN3O5S/c15-13-17-16-11(23-13)9(18)5-7-4-6-2-1-3-8(12(19)20)10(6)22-14(7)21/h1-3,7,21H,4-5H2,(H2,15,17)(H,19,20)/t7-/m1/s1. The Hall–Kier alpha value is -2.46. The lowest BCUT2D eigenvalue weighted by Crippen LogP contribution is -2.35. The van der Waals surface area contributed by atoms with Gasteiger partial charge in [0.05, 0.1) is 5.56 Å². The number of fused-ring (bicyclic) bond motifs is 1. The number of Topliss-reactive ketones (excluding diaryl/α,β-unsaturated/α-hetero) is 1. The van der Waals surface area contributed by atoms with Crippen molar-refractivity contribution in [2.75, 3.05) is 5.73 Å². The molecule has 0 unspecified atom stereocenters. The Kier molecular flexibility index (Phi) is 4.01. The van der Waals surface area contributed by atoms with E-state index >= 15 is 0 Å². The average molecular weight is 333 g/mol. The van der Waals surface area contributed by atoms with Crippen molar-refractivity contribution >= 4 is 35.3 Å². The maximum Gasteiger partial charge on any atom is 0.526 e. The van der Waals surface area contributed by atoms with E-state index in [1.54, 1.807) is 12.1 Å². The highest BCUT2D eigenvalue weighted by Crippen LogP contribution is 2.36. The predicted octanol–water partition coefficient (Wildman–Crippen LogP) is 0.877. The van der Waals surface area contributed by atoms with Crippen LogP contribution in [0.15, 0.2) is 18.2 Å². The van der Waals surface area contributed by atoms with Crippen LogP contribution in [0.5, 0.6) is 5.75 Å². The first-order valence-electron chi connectivity index (χ1n) is 6.77. The number of nitrogens with zero attached hydrogens (tertiary/aromatic N) is 2. The molecule has 1 aliphatic rings. The van der Waals surface area contributed by atoms with Gasteiger partial charge in [0.15, 0.2) is 10.8 Å². The number of aromatic nitrogens is 2. The molecular formula is C13H12BN3O5S. The van der Waals surface area contributed by atoms with E-state index in [1.165, 1.54) is 6.07 Å². The normalized spacial score (nSPS) is 16.6. The number of hydrogen-bond acceptors (Lipinski definition) is 8. The van der Waals surface area contributed by atoms with Crippen molar-refractivity contribution in [3.8, 4) is 5.75 Å². The number of nitrogens with two attached hydrogens (primary N) is 1. The Balaban J connectivity index is 1.80. The third-order valence-electron chi connectivity index (χ3n) is 3.58. The zero-order valence-corrected chi connectivity index (χ0v) is 12.6. The van der Waals surface area contributed by atoms with Crippen LogP contribution in [0.25, 0.3) is 0 Å². The zero-order valence-electron chi connectivity index (χ0n) is 11.8. The van der Waals surface area contributed by atoms with E-state index in [1.807, 2.05) is 0 Å². The molecule has 4 N–H and O–H groups in total. The lowest BCUT2D eigenvalue weighted by molar-refractivity contribution is 0.0693. The molecule has 3 rings (SSSR count). The number of carbonyl (C=O) groups excluding carboxylic acids is 1. The van der Waals surface area contributed by atoms with Crippen molar-refractivity contribution in [3.63, 3.8) is 0 Å². The van der Waals surface area contributed by atoms with Gasteiger partial charge >= 0.3 is 13.1 Å². The second-order valence-electron chi connectivity index (χ2n) is 5.14. The highest BCUT2D eigenvalue weighted by molar-refractivity contribution is 7.16. The van der Waals surface area contributed by atoms with Crippen molar-refractivity contribution in [2.24, 2.45) is 0 Å². The van der Waals surface area contributed by atoms with Crippen LogP contribution in [0.3, 0.4) is 0 Å². The Morgan fingerprint density at radius 3 is 2.87 bits per heavy atom. The zero-order chi connectivity index (χ0) is 16.6. The minimum absolute atomic E-state index is 0.00649. The van der Waals surface area contributed by atoms with Gasteiger partial charge in [0.25, 0.3) is 0 Å².